The van der Waals surface area contributed by atoms with Gasteiger partial charge in [0.15, 0.2) is 0 Å². The highest BCUT2D eigenvalue weighted by molar-refractivity contribution is 5.95. The lowest BCUT2D eigenvalue weighted by atomic mass is 9.79. The normalized spacial score (nSPS) is 21.3. The summed E-state index contributed by atoms with van der Waals surface area (Å²) in [6.45, 7) is 8.24. The van der Waals surface area contributed by atoms with Crippen molar-refractivity contribution in [3.05, 3.63) is 59.2 Å². The fourth-order valence-corrected chi connectivity index (χ4v) is 5.09. The quantitative estimate of drug-likeness (QED) is 0.680. The Morgan fingerprint density at radius 1 is 1.12 bits per heavy atom. The molecule has 2 aliphatic heterocycles. The van der Waals surface area contributed by atoms with Crippen molar-refractivity contribution in [2.45, 2.75) is 39.3 Å². The van der Waals surface area contributed by atoms with E-state index in [0.717, 1.165) is 29.0 Å². The van der Waals surface area contributed by atoms with Crippen molar-refractivity contribution in [1.29, 1.82) is 0 Å². The predicted molar refractivity (Wildman–Crippen MR) is 123 cm³/mol. The highest BCUT2D eigenvalue weighted by Crippen LogP contribution is 2.51. The van der Waals surface area contributed by atoms with Crippen LogP contribution in [0.3, 0.4) is 0 Å². The SMILES string of the molecule is CCOc1ccc(C2Nc3ccc(C(=O)N(CC)CC)cc3C3C2CCN3C(=O)O)cc1. The summed E-state index contributed by atoms with van der Waals surface area (Å²) in [5.41, 5.74) is 3.47. The number of carbonyl (C=O) groups excluding carboxylic acids is 1. The first-order valence-corrected chi connectivity index (χ1v) is 11.4. The van der Waals surface area contributed by atoms with E-state index in [4.69, 9.17) is 4.74 Å². The van der Waals surface area contributed by atoms with E-state index in [1.165, 1.54) is 4.90 Å². The standard InChI is InChI=1S/C25H31N3O4/c1-4-27(5-2)24(29)17-9-12-21-20(15-17)23-19(13-14-28(23)25(30)31)22(26-21)16-7-10-18(11-8-16)32-6-3/h7-12,15,19,22-23,26H,4-6,13-14H2,1-3H3,(H,30,31). The number of fused-ring (bicyclic) bond motifs is 3. The van der Waals surface area contributed by atoms with Crippen LogP contribution < -0.4 is 10.1 Å². The molecule has 3 atom stereocenters. The number of nitrogens with one attached hydrogen (secondary N) is 1. The monoisotopic (exact) mass is 437 g/mol. The Morgan fingerprint density at radius 2 is 1.84 bits per heavy atom. The summed E-state index contributed by atoms with van der Waals surface area (Å²) in [7, 11) is 0. The van der Waals surface area contributed by atoms with Gasteiger partial charge in [-0.3, -0.25) is 4.79 Å². The van der Waals surface area contributed by atoms with Crippen LogP contribution in [0.1, 0.15) is 60.8 Å². The van der Waals surface area contributed by atoms with Crippen molar-refractivity contribution in [1.82, 2.24) is 9.80 Å². The van der Waals surface area contributed by atoms with Gasteiger partial charge in [-0.05, 0) is 68.7 Å². The maximum absolute atomic E-state index is 12.9. The van der Waals surface area contributed by atoms with Gasteiger partial charge in [0.25, 0.3) is 5.91 Å². The van der Waals surface area contributed by atoms with Gasteiger partial charge in [-0.25, -0.2) is 4.79 Å². The molecule has 1 fully saturated rings. The lowest BCUT2D eigenvalue weighted by molar-refractivity contribution is 0.0772. The van der Waals surface area contributed by atoms with E-state index in [1.807, 2.05) is 63.2 Å². The predicted octanol–water partition coefficient (Wildman–Crippen LogP) is 4.78. The highest BCUT2D eigenvalue weighted by atomic mass is 16.5. The average Bonchev–Trinajstić information content (AvgIpc) is 3.26. The molecule has 4 rings (SSSR count). The van der Waals surface area contributed by atoms with Gasteiger partial charge >= 0.3 is 6.09 Å². The Kier molecular flexibility index (Phi) is 6.26. The van der Waals surface area contributed by atoms with Crippen molar-refractivity contribution in [2.75, 3.05) is 31.6 Å². The minimum Gasteiger partial charge on any atom is -0.494 e. The minimum absolute atomic E-state index is 0.0168. The van der Waals surface area contributed by atoms with Crippen LogP contribution in [0.5, 0.6) is 5.75 Å². The lowest BCUT2D eigenvalue weighted by Crippen LogP contribution is -2.37. The van der Waals surface area contributed by atoms with E-state index in [9.17, 15) is 14.7 Å². The summed E-state index contributed by atoms with van der Waals surface area (Å²) in [6, 6.07) is 13.3. The van der Waals surface area contributed by atoms with Crippen molar-refractivity contribution in [2.24, 2.45) is 5.92 Å². The number of anilines is 1. The van der Waals surface area contributed by atoms with Crippen molar-refractivity contribution < 1.29 is 19.4 Å². The maximum atomic E-state index is 12.9. The zero-order valence-electron chi connectivity index (χ0n) is 18.9. The van der Waals surface area contributed by atoms with Crippen LogP contribution >= 0.6 is 0 Å². The van der Waals surface area contributed by atoms with Crippen molar-refractivity contribution in [3.63, 3.8) is 0 Å². The Hall–Kier alpha value is -3.22. The minimum atomic E-state index is -0.920. The molecule has 32 heavy (non-hydrogen) atoms. The van der Waals surface area contributed by atoms with Crippen LogP contribution in [0.25, 0.3) is 0 Å². The first kappa shape index (κ1) is 22.0. The molecule has 7 nitrogen and oxygen atoms in total. The summed E-state index contributed by atoms with van der Waals surface area (Å²) >= 11 is 0. The average molecular weight is 438 g/mol. The van der Waals surface area contributed by atoms with Crippen LogP contribution in [0.15, 0.2) is 42.5 Å². The first-order chi connectivity index (χ1) is 15.5. The number of carbonyl (C=O) groups is 2. The molecule has 0 aromatic heterocycles. The topological polar surface area (TPSA) is 82.1 Å². The summed E-state index contributed by atoms with van der Waals surface area (Å²) in [6.07, 6.45) is -0.161. The first-order valence-electron chi connectivity index (χ1n) is 11.4. The molecule has 0 spiro atoms. The Morgan fingerprint density at radius 3 is 2.47 bits per heavy atom. The zero-order chi connectivity index (χ0) is 22.8. The summed E-state index contributed by atoms with van der Waals surface area (Å²) in [5, 5.41) is 13.5. The molecule has 2 aromatic rings. The largest absolute Gasteiger partial charge is 0.494 e. The molecule has 2 heterocycles. The van der Waals surface area contributed by atoms with Gasteiger partial charge in [-0.1, -0.05) is 12.1 Å². The number of likely N-dealkylation sites (tertiary alicyclic amines) is 1. The third-order valence-corrected chi connectivity index (χ3v) is 6.65. The van der Waals surface area contributed by atoms with E-state index in [2.05, 4.69) is 5.32 Å². The highest BCUT2D eigenvalue weighted by Gasteiger charge is 2.46. The molecule has 2 aliphatic rings. The van der Waals surface area contributed by atoms with E-state index >= 15 is 0 Å². The molecule has 0 saturated carbocycles. The molecule has 2 N–H and O–H groups in total. The van der Waals surface area contributed by atoms with Gasteiger partial charge in [-0.15, -0.1) is 0 Å². The number of amides is 2. The molecular weight excluding hydrogens is 406 g/mol. The molecule has 1 saturated heterocycles. The number of ether oxygens (including phenoxy) is 1. The van der Waals surface area contributed by atoms with E-state index in [-0.39, 0.29) is 23.9 Å². The molecule has 0 bridgehead atoms. The maximum Gasteiger partial charge on any atom is 0.407 e. The van der Waals surface area contributed by atoms with Crippen LogP contribution in [0.4, 0.5) is 10.5 Å². The molecule has 2 amide bonds. The molecular formula is C25H31N3O4. The fourth-order valence-electron chi connectivity index (χ4n) is 5.09. The van der Waals surface area contributed by atoms with E-state index in [1.54, 1.807) is 4.90 Å². The molecule has 0 radical (unpaired) electrons. The van der Waals surface area contributed by atoms with Crippen LogP contribution in [-0.4, -0.2) is 53.1 Å². The van der Waals surface area contributed by atoms with Crippen molar-refractivity contribution >= 4 is 17.7 Å². The smallest absolute Gasteiger partial charge is 0.407 e. The molecule has 0 aliphatic carbocycles. The van der Waals surface area contributed by atoms with Crippen LogP contribution in [0, 0.1) is 5.92 Å². The van der Waals surface area contributed by atoms with E-state index in [0.29, 0.717) is 31.8 Å². The summed E-state index contributed by atoms with van der Waals surface area (Å²) in [5.74, 6) is 0.875. The second-order valence-electron chi connectivity index (χ2n) is 8.28. The van der Waals surface area contributed by atoms with Gasteiger partial charge < -0.3 is 25.0 Å². The summed E-state index contributed by atoms with van der Waals surface area (Å²) in [4.78, 5) is 28.3. The Balaban J connectivity index is 1.73. The number of rotatable bonds is 6. The lowest BCUT2D eigenvalue weighted by Gasteiger charge is -2.39. The Labute approximate surface area is 189 Å². The molecule has 170 valence electrons. The van der Waals surface area contributed by atoms with Gasteiger partial charge in [-0.2, -0.15) is 0 Å². The number of carboxylic acid groups (broad SMARTS) is 1. The number of hydrogen-bond donors (Lipinski definition) is 2. The molecule has 7 heteroatoms. The number of nitrogens with zero attached hydrogens (tertiary/aromatic N) is 2. The van der Waals surface area contributed by atoms with Crippen LogP contribution in [-0.2, 0) is 0 Å². The van der Waals surface area contributed by atoms with Gasteiger partial charge in [0, 0.05) is 36.8 Å². The van der Waals surface area contributed by atoms with Crippen LogP contribution in [0.2, 0.25) is 0 Å². The van der Waals surface area contributed by atoms with Gasteiger partial charge in [0.1, 0.15) is 5.75 Å². The van der Waals surface area contributed by atoms with Gasteiger partial charge in [0.05, 0.1) is 18.7 Å². The van der Waals surface area contributed by atoms with Crippen molar-refractivity contribution in [3.8, 4) is 5.75 Å². The number of hydrogen-bond acceptors (Lipinski definition) is 4. The second-order valence-corrected chi connectivity index (χ2v) is 8.28. The molecule has 2 aromatic carbocycles. The third-order valence-electron chi connectivity index (χ3n) is 6.65. The zero-order valence-corrected chi connectivity index (χ0v) is 18.9. The van der Waals surface area contributed by atoms with Gasteiger partial charge in [0.2, 0.25) is 0 Å². The molecule has 3 unspecified atom stereocenters. The number of benzene rings is 2. The third kappa shape index (κ3) is 3.87. The summed E-state index contributed by atoms with van der Waals surface area (Å²) < 4.78 is 5.57. The second kappa shape index (κ2) is 9.10. The van der Waals surface area contributed by atoms with E-state index < -0.39 is 6.09 Å². The fraction of sp³-hybridized carbons (Fsp3) is 0.440. The Bertz CT molecular complexity index is 987.